The zero-order chi connectivity index (χ0) is 27.7. The van der Waals surface area contributed by atoms with Gasteiger partial charge in [0, 0.05) is 25.2 Å². The molecular formula is C32H40N2O5. The number of para-hydroxylation sites is 2. The van der Waals surface area contributed by atoms with Crippen molar-refractivity contribution in [3.8, 4) is 40.2 Å². The van der Waals surface area contributed by atoms with E-state index < -0.39 is 0 Å². The normalized spacial score (nSPS) is 16.1. The van der Waals surface area contributed by atoms with Gasteiger partial charge in [-0.05, 0) is 79.9 Å². The fraction of sp³-hybridized carbons (Fsp3) is 0.438. The highest BCUT2D eigenvalue weighted by Crippen LogP contribution is 2.54. The van der Waals surface area contributed by atoms with E-state index >= 15 is 0 Å². The van der Waals surface area contributed by atoms with Crippen LogP contribution in [0.15, 0.2) is 36.4 Å². The Bertz CT molecular complexity index is 1330. The molecule has 0 amide bonds. The second-order valence-electron chi connectivity index (χ2n) is 10.1. The summed E-state index contributed by atoms with van der Waals surface area (Å²) in [4.78, 5) is 5.05. The number of ether oxygens (including phenoxy) is 5. The molecule has 7 nitrogen and oxygen atoms in total. The molecule has 0 fully saturated rings. The highest BCUT2D eigenvalue weighted by atomic mass is 16.6. The monoisotopic (exact) mass is 532 g/mol. The Labute approximate surface area is 232 Å². The van der Waals surface area contributed by atoms with Crippen molar-refractivity contribution in [1.82, 2.24) is 9.80 Å². The molecule has 2 heterocycles. The van der Waals surface area contributed by atoms with E-state index in [9.17, 15) is 0 Å². The second-order valence-corrected chi connectivity index (χ2v) is 10.1. The number of fused-ring (bicyclic) bond motifs is 3. The van der Waals surface area contributed by atoms with Crippen LogP contribution >= 0.6 is 0 Å². The molecule has 7 heteroatoms. The van der Waals surface area contributed by atoms with Crippen LogP contribution in [0, 0.1) is 13.8 Å². The first-order valence-electron chi connectivity index (χ1n) is 13.8. The zero-order valence-electron chi connectivity index (χ0n) is 24.2. The molecule has 1 atom stereocenters. The van der Waals surface area contributed by atoms with Crippen LogP contribution in [0.2, 0.25) is 0 Å². The molecule has 5 rings (SSSR count). The van der Waals surface area contributed by atoms with Crippen LogP contribution in [0.5, 0.6) is 40.2 Å². The molecule has 0 spiro atoms. The van der Waals surface area contributed by atoms with Crippen molar-refractivity contribution < 1.29 is 23.7 Å². The third-order valence-electron chi connectivity index (χ3n) is 8.23. The number of hydrogen-bond donors (Lipinski definition) is 0. The standard InChI is InChI=1S/C32H40N2O5/c1-8-33(9-2)16-17-34-15-14-23-20(3)30-31(39-25-13-11-10-12-24(25)38-30)21(4)28(23)29(34)22-18-26(35-5)32(37-7)27(19-22)36-6/h10-13,18-19,29H,8-9,14-17H2,1-7H3. The minimum atomic E-state index is -0.0113. The Balaban J connectivity index is 1.68. The van der Waals surface area contributed by atoms with Gasteiger partial charge in [0.15, 0.2) is 34.5 Å². The van der Waals surface area contributed by atoms with E-state index in [-0.39, 0.29) is 6.04 Å². The lowest BCUT2D eigenvalue weighted by molar-refractivity contribution is 0.174. The van der Waals surface area contributed by atoms with Crippen molar-refractivity contribution in [2.24, 2.45) is 0 Å². The molecule has 0 radical (unpaired) electrons. The Morgan fingerprint density at radius 3 is 2.00 bits per heavy atom. The summed E-state index contributed by atoms with van der Waals surface area (Å²) in [6.07, 6.45) is 0.944. The molecule has 208 valence electrons. The highest BCUT2D eigenvalue weighted by Gasteiger charge is 2.37. The lowest BCUT2D eigenvalue weighted by Gasteiger charge is -2.41. The van der Waals surface area contributed by atoms with E-state index in [4.69, 9.17) is 23.7 Å². The van der Waals surface area contributed by atoms with Crippen molar-refractivity contribution in [3.05, 3.63) is 64.2 Å². The van der Waals surface area contributed by atoms with Gasteiger partial charge >= 0.3 is 0 Å². The van der Waals surface area contributed by atoms with Crippen LogP contribution < -0.4 is 23.7 Å². The number of hydrogen-bond acceptors (Lipinski definition) is 7. The van der Waals surface area contributed by atoms with E-state index in [0.717, 1.165) is 78.8 Å². The van der Waals surface area contributed by atoms with Crippen LogP contribution in [-0.2, 0) is 6.42 Å². The first kappa shape index (κ1) is 27.2. The average molecular weight is 533 g/mol. The molecule has 3 aromatic carbocycles. The molecule has 0 aromatic heterocycles. The summed E-state index contributed by atoms with van der Waals surface area (Å²) in [7, 11) is 4.98. The Morgan fingerprint density at radius 1 is 0.872 bits per heavy atom. The minimum Gasteiger partial charge on any atom is -0.493 e. The SMILES string of the molecule is CCN(CC)CCN1CCc2c(C)c3c(c(C)c2C1c1cc(OC)c(OC)c(OC)c1)Oc1ccccc1O3. The molecular weight excluding hydrogens is 492 g/mol. The maximum absolute atomic E-state index is 6.51. The summed E-state index contributed by atoms with van der Waals surface area (Å²) in [5.74, 6) is 5.03. The predicted molar refractivity (Wildman–Crippen MR) is 154 cm³/mol. The van der Waals surface area contributed by atoms with Crippen molar-refractivity contribution in [3.63, 3.8) is 0 Å². The summed E-state index contributed by atoms with van der Waals surface area (Å²) in [5.41, 5.74) is 5.94. The topological polar surface area (TPSA) is 52.6 Å². The van der Waals surface area contributed by atoms with Crippen molar-refractivity contribution in [1.29, 1.82) is 0 Å². The number of likely N-dealkylation sites (N-methyl/N-ethyl adjacent to an activating group) is 1. The van der Waals surface area contributed by atoms with E-state index in [1.807, 2.05) is 24.3 Å². The van der Waals surface area contributed by atoms with E-state index in [0.29, 0.717) is 17.2 Å². The molecule has 3 aromatic rings. The van der Waals surface area contributed by atoms with Crippen LogP contribution in [0.25, 0.3) is 0 Å². The lowest BCUT2D eigenvalue weighted by Crippen LogP contribution is -2.42. The highest BCUT2D eigenvalue weighted by molar-refractivity contribution is 5.67. The first-order chi connectivity index (χ1) is 18.9. The van der Waals surface area contributed by atoms with Crippen molar-refractivity contribution in [2.45, 2.75) is 40.2 Å². The zero-order valence-corrected chi connectivity index (χ0v) is 24.2. The first-order valence-corrected chi connectivity index (χ1v) is 13.8. The largest absolute Gasteiger partial charge is 0.493 e. The number of methoxy groups -OCH3 is 3. The van der Waals surface area contributed by atoms with Crippen LogP contribution in [-0.4, -0.2) is 63.9 Å². The van der Waals surface area contributed by atoms with Gasteiger partial charge in [-0.1, -0.05) is 26.0 Å². The smallest absolute Gasteiger partial charge is 0.203 e. The molecule has 2 aliphatic rings. The van der Waals surface area contributed by atoms with Gasteiger partial charge in [0.2, 0.25) is 5.75 Å². The maximum atomic E-state index is 6.51. The van der Waals surface area contributed by atoms with Crippen LogP contribution in [0.1, 0.15) is 47.7 Å². The van der Waals surface area contributed by atoms with E-state index in [1.54, 1.807) is 21.3 Å². The molecule has 0 saturated heterocycles. The van der Waals surface area contributed by atoms with Crippen LogP contribution in [0.4, 0.5) is 0 Å². The summed E-state index contributed by atoms with van der Waals surface area (Å²) in [6.45, 7) is 13.7. The minimum absolute atomic E-state index is 0.0113. The van der Waals surface area contributed by atoms with Gasteiger partial charge in [0.25, 0.3) is 0 Å². The second kappa shape index (κ2) is 11.4. The Kier molecular flexibility index (Phi) is 7.91. The van der Waals surface area contributed by atoms with Crippen molar-refractivity contribution >= 4 is 0 Å². The molecule has 0 N–H and O–H groups in total. The fourth-order valence-corrected chi connectivity index (χ4v) is 6.06. The third-order valence-corrected chi connectivity index (χ3v) is 8.23. The van der Waals surface area contributed by atoms with Crippen LogP contribution in [0.3, 0.4) is 0 Å². The summed E-state index contributed by atoms with van der Waals surface area (Å²) in [6, 6.07) is 12.0. The Morgan fingerprint density at radius 2 is 1.46 bits per heavy atom. The third kappa shape index (κ3) is 4.79. The van der Waals surface area contributed by atoms with Gasteiger partial charge in [-0.3, -0.25) is 4.90 Å². The van der Waals surface area contributed by atoms with E-state index in [1.165, 1.54) is 11.1 Å². The molecule has 0 saturated carbocycles. The van der Waals surface area contributed by atoms with Gasteiger partial charge in [-0.2, -0.15) is 0 Å². The van der Waals surface area contributed by atoms with Crippen molar-refractivity contribution in [2.75, 3.05) is 54.1 Å². The number of benzene rings is 3. The summed E-state index contributed by atoms with van der Waals surface area (Å²) < 4.78 is 30.1. The van der Waals surface area contributed by atoms with Gasteiger partial charge < -0.3 is 28.6 Å². The summed E-state index contributed by atoms with van der Waals surface area (Å²) in [5, 5.41) is 0. The fourth-order valence-electron chi connectivity index (χ4n) is 6.06. The van der Waals surface area contributed by atoms with Gasteiger partial charge in [-0.25, -0.2) is 0 Å². The Hall–Kier alpha value is -3.42. The molecule has 1 unspecified atom stereocenters. The van der Waals surface area contributed by atoms with Gasteiger partial charge in [0.05, 0.1) is 27.4 Å². The van der Waals surface area contributed by atoms with Gasteiger partial charge in [0.1, 0.15) is 0 Å². The predicted octanol–water partition coefficient (Wildman–Crippen LogP) is 6.52. The maximum Gasteiger partial charge on any atom is 0.203 e. The quantitative estimate of drug-likeness (QED) is 0.243. The molecule has 39 heavy (non-hydrogen) atoms. The molecule has 0 aliphatic carbocycles. The lowest BCUT2D eigenvalue weighted by atomic mass is 9.82. The van der Waals surface area contributed by atoms with Gasteiger partial charge in [-0.15, -0.1) is 0 Å². The molecule has 0 bridgehead atoms. The number of nitrogens with zero attached hydrogens (tertiary/aromatic N) is 2. The summed E-state index contributed by atoms with van der Waals surface area (Å²) >= 11 is 0. The molecule has 2 aliphatic heterocycles. The van der Waals surface area contributed by atoms with E-state index in [2.05, 4.69) is 49.6 Å². The number of rotatable bonds is 9. The average Bonchev–Trinajstić information content (AvgIpc) is 2.98.